The third-order valence-corrected chi connectivity index (χ3v) is 7.05. The Labute approximate surface area is 164 Å². The van der Waals surface area contributed by atoms with Crippen LogP contribution in [0.2, 0.25) is 0 Å². The molecular formula is C21H21NO5S. The molecule has 2 aromatic rings. The molecule has 0 radical (unpaired) electrons. The molecule has 2 aromatic carbocycles. The SMILES string of the molecule is O=C1O[C@H](CC(=O)N(Cc2ccccc2)[C@@H]2CCS(=O)(=O)C2)c2ccccc21. The molecule has 146 valence electrons. The lowest BCUT2D eigenvalue weighted by Gasteiger charge is -2.29. The van der Waals surface area contributed by atoms with Crippen molar-refractivity contribution < 1.29 is 22.7 Å². The minimum atomic E-state index is -3.13. The van der Waals surface area contributed by atoms with E-state index in [-0.39, 0.29) is 29.9 Å². The van der Waals surface area contributed by atoms with Crippen LogP contribution in [0.5, 0.6) is 0 Å². The number of cyclic esters (lactones) is 1. The van der Waals surface area contributed by atoms with Gasteiger partial charge in [0.2, 0.25) is 5.91 Å². The zero-order valence-corrected chi connectivity index (χ0v) is 16.1. The molecule has 0 saturated carbocycles. The highest BCUT2D eigenvalue weighted by atomic mass is 32.2. The largest absolute Gasteiger partial charge is 0.453 e. The summed E-state index contributed by atoms with van der Waals surface area (Å²) in [5, 5.41) is 0. The average Bonchev–Trinajstić information content (AvgIpc) is 3.20. The van der Waals surface area contributed by atoms with Crippen LogP contribution in [0.4, 0.5) is 0 Å². The minimum absolute atomic E-state index is 0.00609. The minimum Gasteiger partial charge on any atom is -0.453 e. The van der Waals surface area contributed by atoms with Gasteiger partial charge in [0.25, 0.3) is 0 Å². The molecule has 2 atom stereocenters. The zero-order valence-electron chi connectivity index (χ0n) is 15.3. The zero-order chi connectivity index (χ0) is 19.7. The second-order valence-corrected chi connectivity index (χ2v) is 9.48. The first kappa shape index (κ1) is 18.7. The van der Waals surface area contributed by atoms with Crippen LogP contribution in [0, 0.1) is 0 Å². The summed E-state index contributed by atoms with van der Waals surface area (Å²) in [5.74, 6) is -0.559. The summed E-state index contributed by atoms with van der Waals surface area (Å²) in [6, 6.07) is 16.2. The van der Waals surface area contributed by atoms with Gasteiger partial charge in [-0.3, -0.25) is 4.79 Å². The van der Waals surface area contributed by atoms with Crippen molar-refractivity contribution in [2.75, 3.05) is 11.5 Å². The van der Waals surface area contributed by atoms with Crippen LogP contribution in [0.1, 0.15) is 40.4 Å². The number of ether oxygens (including phenoxy) is 1. The molecule has 28 heavy (non-hydrogen) atoms. The maximum atomic E-state index is 13.2. The molecule has 4 rings (SSSR count). The number of hydrogen-bond donors (Lipinski definition) is 0. The van der Waals surface area contributed by atoms with Gasteiger partial charge >= 0.3 is 5.97 Å². The summed E-state index contributed by atoms with van der Waals surface area (Å²) in [4.78, 5) is 26.8. The van der Waals surface area contributed by atoms with E-state index in [4.69, 9.17) is 4.74 Å². The van der Waals surface area contributed by atoms with Gasteiger partial charge in [-0.2, -0.15) is 0 Å². The van der Waals surface area contributed by atoms with Crippen LogP contribution in [-0.2, 0) is 25.9 Å². The van der Waals surface area contributed by atoms with Crippen LogP contribution < -0.4 is 0 Å². The normalized spacial score (nSPS) is 22.5. The lowest BCUT2D eigenvalue weighted by molar-refractivity contribution is -0.135. The number of carbonyl (C=O) groups is 2. The van der Waals surface area contributed by atoms with Gasteiger partial charge in [0.05, 0.1) is 23.5 Å². The monoisotopic (exact) mass is 399 g/mol. The number of hydrogen-bond acceptors (Lipinski definition) is 5. The highest BCUT2D eigenvalue weighted by Crippen LogP contribution is 2.34. The van der Waals surface area contributed by atoms with Crippen molar-refractivity contribution in [2.24, 2.45) is 0 Å². The Bertz CT molecular complexity index is 1000. The first-order valence-corrected chi connectivity index (χ1v) is 11.1. The summed E-state index contributed by atoms with van der Waals surface area (Å²) < 4.78 is 29.3. The predicted octanol–water partition coefficient (Wildman–Crippen LogP) is 2.50. The number of rotatable bonds is 5. The van der Waals surface area contributed by atoms with Crippen molar-refractivity contribution in [2.45, 2.75) is 31.5 Å². The molecule has 6 nitrogen and oxygen atoms in total. The number of sulfone groups is 1. The Morgan fingerprint density at radius 1 is 1.07 bits per heavy atom. The van der Waals surface area contributed by atoms with Gasteiger partial charge in [-0.15, -0.1) is 0 Å². The molecule has 7 heteroatoms. The topological polar surface area (TPSA) is 80.8 Å². The second kappa shape index (κ2) is 7.39. The second-order valence-electron chi connectivity index (χ2n) is 7.25. The molecule has 0 unspecified atom stereocenters. The highest BCUT2D eigenvalue weighted by Gasteiger charge is 2.38. The number of esters is 1. The van der Waals surface area contributed by atoms with Crippen LogP contribution >= 0.6 is 0 Å². The molecule has 2 heterocycles. The van der Waals surface area contributed by atoms with Gasteiger partial charge in [-0.25, -0.2) is 13.2 Å². The van der Waals surface area contributed by atoms with Crippen LogP contribution in [-0.4, -0.2) is 42.7 Å². The Morgan fingerprint density at radius 2 is 1.79 bits per heavy atom. The van der Waals surface area contributed by atoms with Crippen molar-refractivity contribution in [1.82, 2.24) is 4.90 Å². The van der Waals surface area contributed by atoms with E-state index >= 15 is 0 Å². The van der Waals surface area contributed by atoms with Gasteiger partial charge in [0.1, 0.15) is 6.10 Å². The van der Waals surface area contributed by atoms with Crippen molar-refractivity contribution in [3.63, 3.8) is 0 Å². The van der Waals surface area contributed by atoms with E-state index < -0.39 is 21.9 Å². The van der Waals surface area contributed by atoms with Crippen LogP contribution in [0.25, 0.3) is 0 Å². The summed E-state index contributed by atoms with van der Waals surface area (Å²) in [6.07, 6.45) is -0.193. The Balaban J connectivity index is 1.56. The van der Waals surface area contributed by atoms with Gasteiger partial charge in [0.15, 0.2) is 9.84 Å². The summed E-state index contributed by atoms with van der Waals surface area (Å²) in [7, 11) is -3.13. The standard InChI is InChI=1S/C21H21NO5S/c23-20(12-19-17-8-4-5-9-18(17)21(24)27-19)22(13-15-6-2-1-3-7-15)16-10-11-28(25,26)14-16/h1-9,16,19H,10-14H2/t16-,19-/m1/s1. The number of fused-ring (bicyclic) bond motifs is 1. The predicted molar refractivity (Wildman–Crippen MR) is 103 cm³/mol. The van der Waals surface area contributed by atoms with Crippen molar-refractivity contribution in [1.29, 1.82) is 0 Å². The quantitative estimate of drug-likeness (QED) is 0.722. The van der Waals surface area contributed by atoms with Crippen molar-refractivity contribution in [3.8, 4) is 0 Å². The van der Waals surface area contributed by atoms with Crippen LogP contribution in [0.15, 0.2) is 54.6 Å². The third kappa shape index (κ3) is 3.80. The number of benzene rings is 2. The Kier molecular flexibility index (Phi) is 4.93. The summed E-state index contributed by atoms with van der Waals surface area (Å²) in [5.41, 5.74) is 2.13. The maximum absolute atomic E-state index is 13.2. The lowest BCUT2D eigenvalue weighted by atomic mass is 10.0. The molecule has 2 aliphatic rings. The first-order valence-electron chi connectivity index (χ1n) is 9.27. The fraction of sp³-hybridized carbons (Fsp3) is 0.333. The van der Waals surface area contributed by atoms with E-state index in [1.54, 1.807) is 23.1 Å². The fourth-order valence-electron chi connectivity index (χ4n) is 3.87. The highest BCUT2D eigenvalue weighted by molar-refractivity contribution is 7.91. The van der Waals surface area contributed by atoms with E-state index in [0.29, 0.717) is 24.1 Å². The molecule has 0 spiro atoms. The van der Waals surface area contributed by atoms with Crippen molar-refractivity contribution in [3.05, 3.63) is 71.3 Å². The van der Waals surface area contributed by atoms with E-state index in [1.807, 2.05) is 36.4 Å². The smallest absolute Gasteiger partial charge is 0.339 e. The maximum Gasteiger partial charge on any atom is 0.339 e. The van der Waals surface area contributed by atoms with E-state index in [1.165, 1.54) is 0 Å². The molecule has 2 aliphatic heterocycles. The van der Waals surface area contributed by atoms with Gasteiger partial charge in [-0.05, 0) is 18.1 Å². The summed E-state index contributed by atoms with van der Waals surface area (Å²) >= 11 is 0. The summed E-state index contributed by atoms with van der Waals surface area (Å²) in [6.45, 7) is 0.335. The molecule has 0 N–H and O–H groups in total. The molecule has 0 aliphatic carbocycles. The molecule has 1 amide bonds. The van der Waals surface area contributed by atoms with E-state index in [0.717, 1.165) is 5.56 Å². The molecule has 1 saturated heterocycles. The number of amides is 1. The molecule has 0 aromatic heterocycles. The fourth-order valence-corrected chi connectivity index (χ4v) is 5.60. The van der Waals surface area contributed by atoms with Crippen LogP contribution in [0.3, 0.4) is 0 Å². The average molecular weight is 399 g/mol. The van der Waals surface area contributed by atoms with Gasteiger partial charge in [-0.1, -0.05) is 48.5 Å². The van der Waals surface area contributed by atoms with E-state index in [9.17, 15) is 18.0 Å². The Morgan fingerprint density at radius 3 is 2.50 bits per heavy atom. The number of nitrogens with zero attached hydrogens (tertiary/aromatic N) is 1. The lowest BCUT2D eigenvalue weighted by Crippen LogP contribution is -2.41. The first-order chi connectivity index (χ1) is 13.4. The molecule has 1 fully saturated rings. The number of carbonyl (C=O) groups excluding carboxylic acids is 2. The molecule has 0 bridgehead atoms. The van der Waals surface area contributed by atoms with E-state index in [2.05, 4.69) is 0 Å². The third-order valence-electron chi connectivity index (χ3n) is 5.30. The van der Waals surface area contributed by atoms with Crippen molar-refractivity contribution >= 4 is 21.7 Å². The molecular weight excluding hydrogens is 378 g/mol. The van der Waals surface area contributed by atoms with Gasteiger partial charge in [0, 0.05) is 18.2 Å². The Hall–Kier alpha value is -2.67. The van der Waals surface area contributed by atoms with Gasteiger partial charge < -0.3 is 9.64 Å².